The molecular weight excluding hydrogens is 272 g/mol. The van der Waals surface area contributed by atoms with Crippen molar-refractivity contribution in [2.45, 2.75) is 12.8 Å². The molecule has 1 aromatic heterocycles. The number of hydrogen-bond acceptors (Lipinski definition) is 4. The molecule has 0 bridgehead atoms. The molecule has 1 saturated heterocycles. The Bertz CT molecular complexity index is 788. The third kappa shape index (κ3) is 2.48. The predicted molar refractivity (Wildman–Crippen MR) is 90.7 cm³/mol. The Morgan fingerprint density at radius 1 is 0.909 bits per heavy atom. The van der Waals surface area contributed by atoms with Crippen molar-refractivity contribution in [3.63, 3.8) is 0 Å². The molecule has 0 amide bonds. The lowest BCUT2D eigenvalue weighted by molar-refractivity contribution is 0.928. The molecule has 1 fully saturated rings. The Kier molecular flexibility index (Phi) is 3.35. The summed E-state index contributed by atoms with van der Waals surface area (Å²) < 4.78 is 0. The van der Waals surface area contributed by atoms with Crippen molar-refractivity contribution in [3.05, 3.63) is 54.9 Å². The summed E-state index contributed by atoms with van der Waals surface area (Å²) in [6.45, 7) is 2.18. The maximum atomic E-state index is 4.40. The maximum absolute atomic E-state index is 4.40. The van der Waals surface area contributed by atoms with Gasteiger partial charge in [-0.1, -0.05) is 36.4 Å². The van der Waals surface area contributed by atoms with Crippen LogP contribution >= 0.6 is 0 Å². The molecule has 4 nitrogen and oxygen atoms in total. The molecule has 110 valence electrons. The van der Waals surface area contributed by atoms with E-state index in [2.05, 4.69) is 62.6 Å². The molecule has 0 aliphatic carbocycles. The largest absolute Gasteiger partial charge is 0.356 e. The van der Waals surface area contributed by atoms with Crippen LogP contribution in [0.4, 0.5) is 17.3 Å². The van der Waals surface area contributed by atoms with Gasteiger partial charge in [-0.25, -0.2) is 9.97 Å². The quantitative estimate of drug-likeness (QED) is 0.792. The number of fused-ring (bicyclic) bond motifs is 1. The summed E-state index contributed by atoms with van der Waals surface area (Å²) in [5.74, 6) is 1.85. The van der Waals surface area contributed by atoms with Crippen LogP contribution in [0.25, 0.3) is 10.8 Å². The van der Waals surface area contributed by atoms with Crippen LogP contribution in [0, 0.1) is 0 Å². The molecule has 4 heteroatoms. The minimum atomic E-state index is 0.841. The third-order valence-electron chi connectivity index (χ3n) is 4.14. The average molecular weight is 290 g/mol. The van der Waals surface area contributed by atoms with E-state index in [0.29, 0.717) is 0 Å². The molecule has 22 heavy (non-hydrogen) atoms. The van der Waals surface area contributed by atoms with Crippen LogP contribution in [-0.2, 0) is 0 Å². The third-order valence-corrected chi connectivity index (χ3v) is 4.14. The molecule has 2 aromatic carbocycles. The van der Waals surface area contributed by atoms with Crippen LogP contribution in [-0.4, -0.2) is 23.1 Å². The van der Waals surface area contributed by atoms with Crippen LogP contribution in [0.2, 0.25) is 0 Å². The summed E-state index contributed by atoms with van der Waals surface area (Å²) in [6.07, 6.45) is 4.13. The van der Waals surface area contributed by atoms with Crippen molar-refractivity contribution in [2.24, 2.45) is 0 Å². The molecular formula is C18H18N4. The fraction of sp³-hybridized carbons (Fsp3) is 0.222. The molecule has 0 saturated carbocycles. The number of rotatable bonds is 3. The highest BCUT2D eigenvalue weighted by Crippen LogP contribution is 2.27. The van der Waals surface area contributed by atoms with Crippen molar-refractivity contribution in [1.29, 1.82) is 0 Å². The second-order valence-corrected chi connectivity index (χ2v) is 5.61. The van der Waals surface area contributed by atoms with Gasteiger partial charge in [0.1, 0.15) is 18.0 Å². The Labute approximate surface area is 129 Å². The summed E-state index contributed by atoms with van der Waals surface area (Å²) in [6, 6.07) is 16.7. The summed E-state index contributed by atoms with van der Waals surface area (Å²) in [4.78, 5) is 11.1. The molecule has 0 atom stereocenters. The van der Waals surface area contributed by atoms with Crippen molar-refractivity contribution in [1.82, 2.24) is 9.97 Å². The van der Waals surface area contributed by atoms with Gasteiger partial charge in [0.15, 0.2) is 0 Å². The minimum absolute atomic E-state index is 0.841. The molecule has 0 unspecified atom stereocenters. The lowest BCUT2D eigenvalue weighted by atomic mass is 10.1. The van der Waals surface area contributed by atoms with E-state index in [-0.39, 0.29) is 0 Å². The molecule has 1 aliphatic rings. The van der Waals surface area contributed by atoms with Crippen molar-refractivity contribution >= 4 is 28.1 Å². The van der Waals surface area contributed by atoms with Crippen molar-refractivity contribution in [3.8, 4) is 0 Å². The average Bonchev–Trinajstić information content (AvgIpc) is 3.10. The summed E-state index contributed by atoms with van der Waals surface area (Å²) in [5.41, 5.74) is 1.07. The molecule has 1 aliphatic heterocycles. The van der Waals surface area contributed by atoms with Crippen LogP contribution < -0.4 is 10.2 Å². The van der Waals surface area contributed by atoms with E-state index in [0.717, 1.165) is 30.4 Å². The van der Waals surface area contributed by atoms with Gasteiger partial charge in [0.25, 0.3) is 0 Å². The summed E-state index contributed by atoms with van der Waals surface area (Å²) >= 11 is 0. The van der Waals surface area contributed by atoms with Crippen LogP contribution in [0.15, 0.2) is 54.9 Å². The molecule has 1 N–H and O–H groups in total. The number of nitrogens with one attached hydrogen (secondary N) is 1. The Morgan fingerprint density at radius 2 is 1.73 bits per heavy atom. The molecule has 2 heterocycles. The van der Waals surface area contributed by atoms with Gasteiger partial charge in [-0.2, -0.15) is 0 Å². The zero-order chi connectivity index (χ0) is 14.8. The lowest BCUT2D eigenvalue weighted by Crippen LogP contribution is -2.19. The van der Waals surface area contributed by atoms with E-state index in [1.165, 1.54) is 23.6 Å². The van der Waals surface area contributed by atoms with E-state index in [1.54, 1.807) is 6.33 Å². The van der Waals surface area contributed by atoms with E-state index >= 15 is 0 Å². The number of nitrogens with zero attached hydrogens (tertiary/aromatic N) is 3. The molecule has 0 radical (unpaired) electrons. The zero-order valence-electron chi connectivity index (χ0n) is 12.4. The van der Waals surface area contributed by atoms with E-state index in [9.17, 15) is 0 Å². The highest BCUT2D eigenvalue weighted by molar-refractivity contribution is 5.95. The Hall–Kier alpha value is -2.62. The SMILES string of the molecule is c1ccc2c(Nc3cc(N4CCCC4)ncn3)cccc2c1. The van der Waals surface area contributed by atoms with E-state index in [4.69, 9.17) is 0 Å². The number of anilines is 3. The van der Waals surface area contributed by atoms with Gasteiger partial charge >= 0.3 is 0 Å². The van der Waals surface area contributed by atoms with Gasteiger partial charge in [0, 0.05) is 30.2 Å². The van der Waals surface area contributed by atoms with Crippen LogP contribution in [0.1, 0.15) is 12.8 Å². The van der Waals surface area contributed by atoms with Crippen LogP contribution in [0.5, 0.6) is 0 Å². The molecule has 3 aromatic rings. The van der Waals surface area contributed by atoms with Gasteiger partial charge in [0.2, 0.25) is 0 Å². The normalized spacial score (nSPS) is 14.5. The first-order chi connectivity index (χ1) is 10.9. The highest BCUT2D eigenvalue weighted by Gasteiger charge is 2.14. The first-order valence-electron chi connectivity index (χ1n) is 7.72. The first kappa shape index (κ1) is 13.1. The van der Waals surface area contributed by atoms with Crippen molar-refractivity contribution < 1.29 is 0 Å². The highest BCUT2D eigenvalue weighted by atomic mass is 15.2. The zero-order valence-corrected chi connectivity index (χ0v) is 12.4. The van der Waals surface area contributed by atoms with Gasteiger partial charge in [0.05, 0.1) is 0 Å². The summed E-state index contributed by atoms with van der Waals surface area (Å²) in [5, 5.41) is 5.86. The second-order valence-electron chi connectivity index (χ2n) is 5.61. The second kappa shape index (κ2) is 5.64. The number of hydrogen-bond donors (Lipinski definition) is 1. The van der Waals surface area contributed by atoms with Gasteiger partial charge < -0.3 is 10.2 Å². The van der Waals surface area contributed by atoms with E-state index in [1.807, 2.05) is 6.07 Å². The van der Waals surface area contributed by atoms with E-state index < -0.39 is 0 Å². The Morgan fingerprint density at radius 3 is 2.64 bits per heavy atom. The van der Waals surface area contributed by atoms with Crippen LogP contribution in [0.3, 0.4) is 0 Å². The first-order valence-corrected chi connectivity index (χ1v) is 7.72. The molecule has 4 rings (SSSR count). The molecule has 0 spiro atoms. The van der Waals surface area contributed by atoms with Gasteiger partial charge in [-0.15, -0.1) is 0 Å². The monoisotopic (exact) mass is 290 g/mol. The fourth-order valence-corrected chi connectivity index (χ4v) is 3.01. The summed E-state index contributed by atoms with van der Waals surface area (Å²) in [7, 11) is 0. The van der Waals surface area contributed by atoms with Crippen molar-refractivity contribution in [2.75, 3.05) is 23.3 Å². The maximum Gasteiger partial charge on any atom is 0.135 e. The standard InChI is InChI=1S/C18H18N4/c1-2-8-15-14(6-1)7-5-9-16(15)21-17-12-18(20-13-19-17)22-10-3-4-11-22/h1-2,5-9,12-13H,3-4,10-11H2,(H,19,20,21). The number of benzene rings is 2. The lowest BCUT2D eigenvalue weighted by Gasteiger charge is -2.17. The smallest absolute Gasteiger partial charge is 0.135 e. The van der Waals surface area contributed by atoms with Gasteiger partial charge in [-0.05, 0) is 24.3 Å². The van der Waals surface area contributed by atoms with Gasteiger partial charge in [-0.3, -0.25) is 0 Å². The topological polar surface area (TPSA) is 41.0 Å². The minimum Gasteiger partial charge on any atom is -0.356 e. The Balaban J connectivity index is 1.66. The fourth-order valence-electron chi connectivity index (χ4n) is 3.01. The number of aromatic nitrogens is 2. The predicted octanol–water partition coefficient (Wildman–Crippen LogP) is 3.97.